The van der Waals surface area contributed by atoms with Crippen molar-refractivity contribution in [2.45, 2.75) is 12.8 Å². The fourth-order valence-electron chi connectivity index (χ4n) is 1.26. The van der Waals surface area contributed by atoms with Gasteiger partial charge in [-0.1, -0.05) is 17.7 Å². The summed E-state index contributed by atoms with van der Waals surface area (Å²) in [5.41, 5.74) is 2.21. The van der Waals surface area contributed by atoms with Crippen LogP contribution in [0.25, 0.3) is 5.69 Å². The smallest absolute Gasteiger partial charge is 0.147 e. The molecule has 0 aliphatic heterocycles. The number of hydrogen-bond acceptors (Lipinski definition) is 2. The van der Waals surface area contributed by atoms with Gasteiger partial charge >= 0.3 is 0 Å². The van der Waals surface area contributed by atoms with E-state index in [4.69, 9.17) is 11.6 Å². The van der Waals surface area contributed by atoms with Crippen molar-refractivity contribution in [2.24, 2.45) is 0 Å². The molecule has 0 saturated heterocycles. The summed E-state index contributed by atoms with van der Waals surface area (Å²) in [6.45, 7) is 2.05. The quantitative estimate of drug-likeness (QED) is 0.708. The summed E-state index contributed by atoms with van der Waals surface area (Å²) in [5, 5.41) is 4.11. The van der Waals surface area contributed by atoms with Crippen molar-refractivity contribution in [3.63, 3.8) is 0 Å². The number of benzene rings is 1. The third kappa shape index (κ3) is 1.63. The van der Waals surface area contributed by atoms with E-state index in [-0.39, 0.29) is 0 Å². The van der Waals surface area contributed by atoms with Gasteiger partial charge in [0, 0.05) is 0 Å². The molecule has 0 aliphatic carbocycles. The van der Waals surface area contributed by atoms with Crippen molar-refractivity contribution in [3.05, 3.63) is 42.0 Å². The van der Waals surface area contributed by atoms with Gasteiger partial charge in [0.1, 0.15) is 12.2 Å². The molecule has 0 amide bonds. The number of halogens is 1. The number of aromatic nitrogens is 3. The minimum absolute atomic E-state index is 0.369. The Bertz CT molecular complexity index is 419. The molecule has 1 aromatic carbocycles. The highest BCUT2D eigenvalue weighted by molar-refractivity contribution is 6.16. The minimum Gasteiger partial charge on any atom is -0.218 e. The molecule has 1 aromatic heterocycles. The molecule has 0 radical (unpaired) electrons. The first kappa shape index (κ1) is 9.21. The van der Waals surface area contributed by atoms with Gasteiger partial charge < -0.3 is 0 Å². The van der Waals surface area contributed by atoms with E-state index in [1.807, 2.05) is 31.2 Å². The second-order valence-corrected chi connectivity index (χ2v) is 3.32. The first-order chi connectivity index (χ1) is 6.81. The molecule has 72 valence electrons. The Hall–Kier alpha value is -1.35. The van der Waals surface area contributed by atoms with Gasteiger partial charge in [0.2, 0.25) is 0 Å². The largest absolute Gasteiger partial charge is 0.218 e. The predicted molar refractivity (Wildman–Crippen MR) is 55.7 cm³/mol. The lowest BCUT2D eigenvalue weighted by atomic mass is 10.2. The standard InChI is InChI=1S/C10H10ClN3/c1-8-2-4-9(5-3-8)14-10(6-11)12-7-13-14/h2-5,7H,6H2,1H3. The van der Waals surface area contributed by atoms with Crippen LogP contribution in [0.2, 0.25) is 0 Å². The first-order valence-electron chi connectivity index (χ1n) is 4.33. The van der Waals surface area contributed by atoms with E-state index in [9.17, 15) is 0 Å². The zero-order valence-electron chi connectivity index (χ0n) is 7.81. The minimum atomic E-state index is 0.369. The molecule has 0 N–H and O–H groups in total. The Balaban J connectivity index is 2.44. The van der Waals surface area contributed by atoms with Crippen molar-refractivity contribution in [3.8, 4) is 5.69 Å². The second-order valence-electron chi connectivity index (χ2n) is 3.06. The Kier molecular flexibility index (Phi) is 2.50. The molecular formula is C10H10ClN3. The topological polar surface area (TPSA) is 30.7 Å². The van der Waals surface area contributed by atoms with Crippen LogP contribution in [-0.4, -0.2) is 14.8 Å². The van der Waals surface area contributed by atoms with Crippen LogP contribution in [0.15, 0.2) is 30.6 Å². The maximum atomic E-state index is 5.73. The Morgan fingerprint density at radius 1 is 1.29 bits per heavy atom. The van der Waals surface area contributed by atoms with Gasteiger partial charge in [-0.15, -0.1) is 11.6 Å². The predicted octanol–water partition coefficient (Wildman–Crippen LogP) is 2.31. The Morgan fingerprint density at radius 3 is 2.64 bits per heavy atom. The number of alkyl halides is 1. The second kappa shape index (κ2) is 3.80. The fourth-order valence-corrected chi connectivity index (χ4v) is 1.44. The van der Waals surface area contributed by atoms with Crippen molar-refractivity contribution in [1.82, 2.24) is 14.8 Å². The molecule has 0 atom stereocenters. The molecule has 3 nitrogen and oxygen atoms in total. The van der Waals surface area contributed by atoms with Gasteiger partial charge in [-0.3, -0.25) is 0 Å². The summed E-state index contributed by atoms with van der Waals surface area (Å²) < 4.78 is 1.74. The average molecular weight is 208 g/mol. The molecule has 1 heterocycles. The van der Waals surface area contributed by atoms with Crippen molar-refractivity contribution in [1.29, 1.82) is 0 Å². The number of rotatable bonds is 2. The average Bonchev–Trinajstić information content (AvgIpc) is 2.67. The van der Waals surface area contributed by atoms with E-state index >= 15 is 0 Å². The number of hydrogen-bond donors (Lipinski definition) is 0. The summed E-state index contributed by atoms with van der Waals surface area (Å²) in [6.07, 6.45) is 1.51. The van der Waals surface area contributed by atoms with E-state index < -0.39 is 0 Å². The lowest BCUT2D eigenvalue weighted by Gasteiger charge is -2.03. The molecular weight excluding hydrogens is 198 g/mol. The maximum absolute atomic E-state index is 5.73. The molecule has 2 aromatic rings. The summed E-state index contributed by atoms with van der Waals surface area (Å²) in [4.78, 5) is 4.05. The monoisotopic (exact) mass is 207 g/mol. The molecule has 0 bridgehead atoms. The highest BCUT2D eigenvalue weighted by Gasteiger charge is 2.03. The molecule has 2 rings (SSSR count). The van der Waals surface area contributed by atoms with Crippen LogP contribution >= 0.6 is 11.6 Å². The number of nitrogens with zero attached hydrogens (tertiary/aromatic N) is 3. The van der Waals surface area contributed by atoms with Crippen LogP contribution in [-0.2, 0) is 5.88 Å². The lowest BCUT2D eigenvalue weighted by molar-refractivity contribution is 0.832. The SMILES string of the molecule is Cc1ccc(-n2ncnc2CCl)cc1. The highest BCUT2D eigenvalue weighted by atomic mass is 35.5. The molecule has 0 spiro atoms. The molecule has 0 saturated carbocycles. The van der Waals surface area contributed by atoms with Crippen LogP contribution in [0.3, 0.4) is 0 Å². The van der Waals surface area contributed by atoms with Gasteiger partial charge in [0.25, 0.3) is 0 Å². The van der Waals surface area contributed by atoms with E-state index in [0.29, 0.717) is 5.88 Å². The van der Waals surface area contributed by atoms with Crippen LogP contribution in [0.1, 0.15) is 11.4 Å². The van der Waals surface area contributed by atoms with E-state index in [1.54, 1.807) is 4.68 Å². The molecule has 0 unspecified atom stereocenters. The van der Waals surface area contributed by atoms with Gasteiger partial charge in [-0.25, -0.2) is 9.67 Å². The highest BCUT2D eigenvalue weighted by Crippen LogP contribution is 2.10. The molecule has 0 aliphatic rings. The third-order valence-electron chi connectivity index (χ3n) is 2.02. The Labute approximate surface area is 87.3 Å². The molecule has 4 heteroatoms. The lowest BCUT2D eigenvalue weighted by Crippen LogP contribution is -2.00. The van der Waals surface area contributed by atoms with Crippen molar-refractivity contribution in [2.75, 3.05) is 0 Å². The van der Waals surface area contributed by atoms with Gasteiger partial charge in [-0.05, 0) is 19.1 Å². The summed E-state index contributed by atoms with van der Waals surface area (Å²) in [6, 6.07) is 8.07. The summed E-state index contributed by atoms with van der Waals surface area (Å²) >= 11 is 5.73. The van der Waals surface area contributed by atoms with Crippen LogP contribution in [0, 0.1) is 6.92 Å². The van der Waals surface area contributed by atoms with Crippen LogP contribution in [0.4, 0.5) is 0 Å². The third-order valence-corrected chi connectivity index (χ3v) is 2.26. The van der Waals surface area contributed by atoms with Crippen LogP contribution < -0.4 is 0 Å². The summed E-state index contributed by atoms with van der Waals surface area (Å²) in [7, 11) is 0. The first-order valence-corrected chi connectivity index (χ1v) is 4.86. The zero-order chi connectivity index (χ0) is 9.97. The van der Waals surface area contributed by atoms with E-state index in [1.165, 1.54) is 11.9 Å². The fraction of sp³-hybridized carbons (Fsp3) is 0.200. The van der Waals surface area contributed by atoms with Crippen molar-refractivity contribution < 1.29 is 0 Å². The van der Waals surface area contributed by atoms with E-state index in [2.05, 4.69) is 10.1 Å². The van der Waals surface area contributed by atoms with Gasteiger partial charge in [0.15, 0.2) is 0 Å². The Morgan fingerprint density at radius 2 is 2.00 bits per heavy atom. The van der Waals surface area contributed by atoms with Crippen molar-refractivity contribution >= 4 is 11.6 Å². The normalized spacial score (nSPS) is 10.4. The zero-order valence-corrected chi connectivity index (χ0v) is 8.57. The maximum Gasteiger partial charge on any atom is 0.147 e. The summed E-state index contributed by atoms with van der Waals surface area (Å²) in [5.74, 6) is 1.13. The molecule has 14 heavy (non-hydrogen) atoms. The van der Waals surface area contributed by atoms with Gasteiger partial charge in [-0.2, -0.15) is 5.10 Å². The van der Waals surface area contributed by atoms with E-state index in [0.717, 1.165) is 11.5 Å². The van der Waals surface area contributed by atoms with Crippen LogP contribution in [0.5, 0.6) is 0 Å². The van der Waals surface area contributed by atoms with Gasteiger partial charge in [0.05, 0.1) is 11.6 Å². The molecule has 0 fully saturated rings. The number of aryl methyl sites for hydroxylation is 1.